The van der Waals surface area contributed by atoms with E-state index in [-0.39, 0.29) is 18.3 Å². The predicted molar refractivity (Wildman–Crippen MR) is 118 cm³/mol. The Morgan fingerprint density at radius 2 is 1.74 bits per heavy atom. The van der Waals surface area contributed by atoms with Crippen LogP contribution in [0, 0.1) is 34.5 Å². The molecule has 4 aliphatic carbocycles. The van der Waals surface area contributed by atoms with Crippen LogP contribution in [0.25, 0.3) is 0 Å². The zero-order valence-electron chi connectivity index (χ0n) is 19.4. The third-order valence-corrected chi connectivity index (χ3v) is 10.5. The van der Waals surface area contributed by atoms with Crippen LogP contribution >= 0.6 is 0 Å². The largest absolute Gasteiger partial charge is 0.394 e. The second-order valence-corrected chi connectivity index (χ2v) is 11.5. The Balaban J connectivity index is 1.32. The van der Waals surface area contributed by atoms with Gasteiger partial charge in [-0.2, -0.15) is 0 Å². The summed E-state index contributed by atoms with van der Waals surface area (Å²) in [6.45, 7) is 6.81. The molecule has 4 saturated carbocycles. The van der Waals surface area contributed by atoms with Crippen molar-refractivity contribution in [1.82, 2.24) is 0 Å². The standard InChI is InChI=1S/C26H42O5/c1-24-10-8-20(29-14-13-27)17-19(24)3-5-22-21(24)9-11-25(2)18(7-12-26(22,25)28)4-6-23-30-15-16-31-23/h4,6,18-23,27-28H,3,5,7-17H2,1-2H3/b6-4+/t18-,19?,20?,21-,22+,24-,25+,26+/m0/s1. The number of hydrogen-bond acceptors (Lipinski definition) is 5. The van der Waals surface area contributed by atoms with Crippen molar-refractivity contribution in [3.05, 3.63) is 12.2 Å². The molecule has 5 aliphatic rings. The molecule has 1 aliphatic heterocycles. The second-order valence-electron chi connectivity index (χ2n) is 11.5. The first kappa shape index (κ1) is 22.3. The molecule has 0 aromatic heterocycles. The van der Waals surface area contributed by atoms with E-state index in [0.29, 0.717) is 55.0 Å². The highest BCUT2D eigenvalue weighted by molar-refractivity contribution is 5.19. The summed E-state index contributed by atoms with van der Waals surface area (Å²) >= 11 is 0. The van der Waals surface area contributed by atoms with E-state index in [9.17, 15) is 5.11 Å². The molecule has 1 saturated heterocycles. The highest BCUT2D eigenvalue weighted by Gasteiger charge is 2.66. The minimum atomic E-state index is -0.555. The van der Waals surface area contributed by atoms with Gasteiger partial charge in [-0.3, -0.25) is 0 Å². The molecule has 5 rings (SSSR count). The predicted octanol–water partition coefficient (Wildman–Crippen LogP) is 4.07. The summed E-state index contributed by atoms with van der Waals surface area (Å²) in [4.78, 5) is 0. The Bertz CT molecular complexity index is 675. The van der Waals surface area contributed by atoms with Gasteiger partial charge in [-0.05, 0) is 93.0 Å². The number of ether oxygens (including phenoxy) is 3. The molecule has 2 N–H and O–H groups in total. The molecule has 5 nitrogen and oxygen atoms in total. The molecule has 0 bridgehead atoms. The van der Waals surface area contributed by atoms with Crippen molar-refractivity contribution in [2.75, 3.05) is 26.4 Å². The first-order chi connectivity index (χ1) is 14.9. The summed E-state index contributed by atoms with van der Waals surface area (Å²) < 4.78 is 17.1. The highest BCUT2D eigenvalue weighted by atomic mass is 16.7. The lowest BCUT2D eigenvalue weighted by Gasteiger charge is -2.63. The third kappa shape index (κ3) is 3.54. The van der Waals surface area contributed by atoms with E-state index in [1.807, 2.05) is 0 Å². The average molecular weight is 435 g/mol. The van der Waals surface area contributed by atoms with E-state index >= 15 is 0 Å². The van der Waals surface area contributed by atoms with Crippen LogP contribution in [0.15, 0.2) is 12.2 Å². The molecule has 0 aromatic carbocycles. The molecule has 31 heavy (non-hydrogen) atoms. The fourth-order valence-corrected chi connectivity index (χ4v) is 8.62. The van der Waals surface area contributed by atoms with Crippen LogP contribution in [0.4, 0.5) is 0 Å². The summed E-state index contributed by atoms with van der Waals surface area (Å²) in [6.07, 6.45) is 14.6. The molecule has 5 fully saturated rings. The average Bonchev–Trinajstić information content (AvgIpc) is 3.37. The van der Waals surface area contributed by atoms with E-state index in [1.54, 1.807) is 0 Å². The van der Waals surface area contributed by atoms with Crippen molar-refractivity contribution >= 4 is 0 Å². The van der Waals surface area contributed by atoms with Crippen molar-refractivity contribution < 1.29 is 24.4 Å². The fraction of sp³-hybridized carbons (Fsp3) is 0.923. The van der Waals surface area contributed by atoms with Crippen molar-refractivity contribution in [2.24, 2.45) is 34.5 Å². The van der Waals surface area contributed by atoms with Crippen LogP contribution in [0.3, 0.4) is 0 Å². The highest BCUT2D eigenvalue weighted by Crippen LogP contribution is 2.69. The maximum absolute atomic E-state index is 12.3. The zero-order chi connectivity index (χ0) is 21.7. The van der Waals surface area contributed by atoms with Gasteiger partial charge < -0.3 is 24.4 Å². The maximum Gasteiger partial charge on any atom is 0.177 e. The van der Waals surface area contributed by atoms with Gasteiger partial charge in [-0.25, -0.2) is 0 Å². The van der Waals surface area contributed by atoms with Crippen molar-refractivity contribution in [1.29, 1.82) is 0 Å². The number of hydrogen-bond donors (Lipinski definition) is 2. The fourth-order valence-electron chi connectivity index (χ4n) is 8.62. The summed E-state index contributed by atoms with van der Waals surface area (Å²) in [5.74, 6) is 2.12. The number of aliphatic hydroxyl groups is 2. The molecule has 176 valence electrons. The maximum atomic E-state index is 12.3. The number of fused-ring (bicyclic) bond motifs is 5. The lowest BCUT2D eigenvalue weighted by atomic mass is 9.43. The van der Waals surface area contributed by atoms with Gasteiger partial charge in [0.15, 0.2) is 6.29 Å². The summed E-state index contributed by atoms with van der Waals surface area (Å²) in [7, 11) is 0. The number of rotatable bonds is 5. The monoisotopic (exact) mass is 434 g/mol. The van der Waals surface area contributed by atoms with Crippen LogP contribution in [0.1, 0.15) is 71.6 Å². The summed E-state index contributed by atoms with van der Waals surface area (Å²) in [5.41, 5.74) is -0.285. The number of aliphatic hydroxyl groups excluding tert-OH is 1. The van der Waals surface area contributed by atoms with Crippen LogP contribution < -0.4 is 0 Å². The van der Waals surface area contributed by atoms with E-state index < -0.39 is 5.60 Å². The molecule has 0 spiro atoms. The van der Waals surface area contributed by atoms with E-state index in [2.05, 4.69) is 26.0 Å². The van der Waals surface area contributed by atoms with Gasteiger partial charge in [-0.15, -0.1) is 0 Å². The first-order valence-electron chi connectivity index (χ1n) is 12.8. The van der Waals surface area contributed by atoms with Crippen LogP contribution in [-0.2, 0) is 14.2 Å². The smallest absolute Gasteiger partial charge is 0.177 e. The van der Waals surface area contributed by atoms with Gasteiger partial charge in [0.1, 0.15) is 0 Å². The van der Waals surface area contributed by atoms with Crippen LogP contribution in [0.5, 0.6) is 0 Å². The van der Waals surface area contributed by atoms with Gasteiger partial charge in [-0.1, -0.05) is 19.9 Å². The Kier molecular flexibility index (Phi) is 6.05. The quantitative estimate of drug-likeness (QED) is 0.639. The lowest BCUT2D eigenvalue weighted by molar-refractivity contribution is -0.209. The zero-order valence-corrected chi connectivity index (χ0v) is 19.4. The Hall–Kier alpha value is -0.460. The van der Waals surface area contributed by atoms with Gasteiger partial charge >= 0.3 is 0 Å². The summed E-state index contributed by atoms with van der Waals surface area (Å²) in [6, 6.07) is 0. The molecule has 8 atom stereocenters. The first-order valence-corrected chi connectivity index (χ1v) is 12.8. The van der Waals surface area contributed by atoms with E-state index in [4.69, 9.17) is 19.3 Å². The van der Waals surface area contributed by atoms with Gasteiger partial charge in [0.25, 0.3) is 0 Å². The Morgan fingerprint density at radius 1 is 0.935 bits per heavy atom. The van der Waals surface area contributed by atoms with Gasteiger partial charge in [0.05, 0.1) is 38.1 Å². The summed E-state index contributed by atoms with van der Waals surface area (Å²) in [5, 5.41) is 21.4. The minimum Gasteiger partial charge on any atom is -0.394 e. The van der Waals surface area contributed by atoms with Gasteiger partial charge in [0, 0.05) is 5.41 Å². The van der Waals surface area contributed by atoms with Crippen molar-refractivity contribution in [2.45, 2.75) is 89.6 Å². The van der Waals surface area contributed by atoms with E-state index in [1.165, 1.54) is 19.3 Å². The molecule has 0 radical (unpaired) electrons. The van der Waals surface area contributed by atoms with Crippen molar-refractivity contribution in [3.63, 3.8) is 0 Å². The molecule has 5 heteroatoms. The van der Waals surface area contributed by atoms with Crippen LogP contribution in [0.2, 0.25) is 0 Å². The van der Waals surface area contributed by atoms with Crippen molar-refractivity contribution in [3.8, 4) is 0 Å². The normalized spacial score (nSPS) is 50.4. The Morgan fingerprint density at radius 3 is 2.52 bits per heavy atom. The third-order valence-electron chi connectivity index (χ3n) is 10.5. The molecular formula is C26H42O5. The van der Waals surface area contributed by atoms with Crippen LogP contribution in [-0.4, -0.2) is 54.6 Å². The number of allylic oxidation sites excluding steroid dienone is 1. The molecular weight excluding hydrogens is 392 g/mol. The molecule has 1 heterocycles. The molecule has 0 amide bonds. The Labute approximate surface area is 187 Å². The van der Waals surface area contributed by atoms with Gasteiger partial charge in [0.2, 0.25) is 0 Å². The lowest BCUT2D eigenvalue weighted by Crippen LogP contribution is -2.62. The molecule has 2 unspecified atom stereocenters. The minimum absolute atomic E-state index is 0.0477. The SMILES string of the molecule is C[C@]12CCC(OCCO)CC1CC[C@@H]1[C@@H]2CC[C@]2(C)[C@@H](/C=C/C3OCCO3)CC[C@@]12O. The topological polar surface area (TPSA) is 68.2 Å². The molecule has 0 aromatic rings. The van der Waals surface area contributed by atoms with E-state index in [0.717, 1.165) is 38.5 Å². The second kappa shape index (κ2) is 8.39.